The normalized spacial score (nSPS) is 11.4. The predicted octanol–water partition coefficient (Wildman–Crippen LogP) is 2.03. The van der Waals surface area contributed by atoms with Gasteiger partial charge in [-0.3, -0.25) is 9.59 Å². The molecule has 0 aliphatic heterocycles. The van der Waals surface area contributed by atoms with Crippen molar-refractivity contribution in [1.29, 1.82) is 0 Å². The average Bonchev–Trinajstić information content (AvgIpc) is 2.78. The summed E-state index contributed by atoms with van der Waals surface area (Å²) >= 11 is 0. The molecule has 0 aliphatic rings. The molecule has 0 fully saturated rings. The van der Waals surface area contributed by atoms with Gasteiger partial charge in [-0.25, -0.2) is 0 Å². The highest BCUT2D eigenvalue weighted by atomic mass is 19.4. The van der Waals surface area contributed by atoms with Gasteiger partial charge < -0.3 is 9.73 Å². The summed E-state index contributed by atoms with van der Waals surface area (Å²) in [4.78, 5) is 22.0. The smallest absolute Gasteiger partial charge is 0.440 e. The van der Waals surface area contributed by atoms with Crippen molar-refractivity contribution in [2.75, 3.05) is 11.9 Å². The zero-order valence-corrected chi connectivity index (χ0v) is 10.2. The molecule has 0 radical (unpaired) electrons. The minimum Gasteiger partial charge on any atom is -0.440 e. The molecule has 0 saturated carbocycles. The molecule has 2 amide bonds. The Bertz CT molecular complexity index is 630. The summed E-state index contributed by atoms with van der Waals surface area (Å²) < 4.78 is 43.8. The summed E-state index contributed by atoms with van der Waals surface area (Å²) in [5, 5.41) is 2.24. The summed E-state index contributed by atoms with van der Waals surface area (Å²) in [6.07, 6.45) is -5.07. The average molecular weight is 286 g/mol. The van der Waals surface area contributed by atoms with Gasteiger partial charge >= 0.3 is 18.1 Å². The Balaban J connectivity index is 2.51. The van der Waals surface area contributed by atoms with Gasteiger partial charge in [0.05, 0.1) is 0 Å². The lowest BCUT2D eigenvalue weighted by Gasteiger charge is -2.21. The van der Waals surface area contributed by atoms with Crippen molar-refractivity contribution in [3.05, 3.63) is 30.3 Å². The molecule has 8 heteroatoms. The number of anilines is 1. The first-order valence-electron chi connectivity index (χ1n) is 5.46. The summed E-state index contributed by atoms with van der Waals surface area (Å²) in [6.45, 7) is 0. The van der Waals surface area contributed by atoms with Gasteiger partial charge in [0, 0.05) is 18.5 Å². The highest BCUT2D eigenvalue weighted by molar-refractivity contribution is 6.40. The second-order valence-electron chi connectivity index (χ2n) is 3.81. The Morgan fingerprint density at radius 2 is 1.90 bits per heavy atom. The molecule has 0 unspecified atom stereocenters. The van der Waals surface area contributed by atoms with Crippen LogP contribution < -0.4 is 10.2 Å². The molecule has 2 aromatic rings. The third kappa shape index (κ3) is 2.44. The lowest BCUT2D eigenvalue weighted by atomic mass is 10.2. The first kappa shape index (κ1) is 13.9. The van der Waals surface area contributed by atoms with E-state index in [1.165, 1.54) is 12.1 Å². The number of rotatable bonds is 1. The van der Waals surface area contributed by atoms with Crippen molar-refractivity contribution in [2.45, 2.75) is 6.30 Å². The van der Waals surface area contributed by atoms with E-state index >= 15 is 0 Å². The van der Waals surface area contributed by atoms with Crippen molar-refractivity contribution >= 4 is 28.7 Å². The first-order chi connectivity index (χ1) is 9.34. The molecule has 0 bridgehead atoms. The molecule has 1 aromatic heterocycles. The number of nitrogens with zero attached hydrogens (tertiary/aromatic N) is 1. The van der Waals surface area contributed by atoms with Gasteiger partial charge in [0.2, 0.25) is 5.88 Å². The number of para-hydroxylation sites is 1. The fraction of sp³-hybridized carbons (Fsp3) is 0.167. The van der Waals surface area contributed by atoms with Gasteiger partial charge in [-0.2, -0.15) is 4.90 Å². The molecule has 0 aliphatic carbocycles. The molecule has 106 valence electrons. The van der Waals surface area contributed by atoms with E-state index in [0.717, 1.165) is 13.1 Å². The predicted molar refractivity (Wildman–Crippen MR) is 63.8 cm³/mol. The van der Waals surface area contributed by atoms with E-state index in [-0.39, 0.29) is 5.58 Å². The quantitative estimate of drug-likeness (QED) is 0.644. The number of benzene rings is 1. The number of amides is 2. The summed E-state index contributed by atoms with van der Waals surface area (Å²) in [6, 6.07) is 7.22. The van der Waals surface area contributed by atoms with E-state index in [9.17, 15) is 22.8 Å². The number of nitrogens with one attached hydrogen (secondary N) is 1. The Morgan fingerprint density at radius 1 is 1.25 bits per heavy atom. The van der Waals surface area contributed by atoms with E-state index in [4.69, 9.17) is 4.42 Å². The molecule has 2 rings (SSSR count). The number of hydrogen-bond acceptors (Lipinski definition) is 3. The van der Waals surface area contributed by atoms with Crippen LogP contribution in [0.15, 0.2) is 34.7 Å². The second-order valence-corrected chi connectivity index (χ2v) is 3.81. The third-order valence-electron chi connectivity index (χ3n) is 2.51. The molecular weight excluding hydrogens is 277 g/mol. The maximum atomic E-state index is 12.9. The molecule has 5 nitrogen and oxygen atoms in total. The van der Waals surface area contributed by atoms with Gasteiger partial charge in [0.25, 0.3) is 0 Å². The fourth-order valence-corrected chi connectivity index (χ4v) is 1.63. The lowest BCUT2D eigenvalue weighted by Crippen LogP contribution is -2.49. The van der Waals surface area contributed by atoms with E-state index < -0.39 is 28.9 Å². The molecule has 1 heterocycles. The van der Waals surface area contributed by atoms with Gasteiger partial charge in [0.1, 0.15) is 5.58 Å². The number of carbonyl (C=O) groups is 2. The topological polar surface area (TPSA) is 62.6 Å². The van der Waals surface area contributed by atoms with E-state index in [2.05, 4.69) is 0 Å². The number of carbonyl (C=O) groups excluding carboxylic acids is 2. The van der Waals surface area contributed by atoms with Crippen LogP contribution in [0.2, 0.25) is 0 Å². The second kappa shape index (κ2) is 4.87. The largest absolute Gasteiger partial charge is 0.494 e. The molecule has 1 aromatic carbocycles. The maximum absolute atomic E-state index is 12.9. The first-order valence-corrected chi connectivity index (χ1v) is 5.46. The third-order valence-corrected chi connectivity index (χ3v) is 2.51. The Labute approximate surface area is 110 Å². The molecule has 20 heavy (non-hydrogen) atoms. The number of hydrogen-bond donors (Lipinski definition) is 1. The van der Waals surface area contributed by atoms with E-state index in [0.29, 0.717) is 5.39 Å². The van der Waals surface area contributed by atoms with Crippen LogP contribution in [-0.2, 0) is 9.59 Å². The summed E-state index contributed by atoms with van der Waals surface area (Å²) in [7, 11) is 1.06. The summed E-state index contributed by atoms with van der Waals surface area (Å²) in [5.74, 6) is -3.91. The van der Waals surface area contributed by atoms with E-state index in [1.807, 2.05) is 5.32 Å². The number of furan rings is 1. The van der Waals surface area contributed by atoms with Crippen LogP contribution in [-0.4, -0.2) is 25.2 Å². The number of likely N-dealkylation sites (N-methyl/N-ethyl adjacent to an activating group) is 1. The fourth-order valence-electron chi connectivity index (χ4n) is 1.63. The van der Waals surface area contributed by atoms with Gasteiger partial charge in [0.15, 0.2) is 0 Å². The van der Waals surface area contributed by atoms with Crippen LogP contribution >= 0.6 is 0 Å². The Hall–Kier alpha value is -2.51. The minimum absolute atomic E-state index is 0.182. The molecule has 1 N–H and O–H groups in total. The summed E-state index contributed by atoms with van der Waals surface area (Å²) in [5.41, 5.74) is 0.182. The van der Waals surface area contributed by atoms with Crippen LogP contribution in [0.5, 0.6) is 0 Å². The molecule has 0 atom stereocenters. The van der Waals surface area contributed by atoms with Crippen molar-refractivity contribution < 1.29 is 27.2 Å². The van der Waals surface area contributed by atoms with Gasteiger partial charge in [-0.15, -0.1) is 13.2 Å². The number of fused-ring (bicyclic) bond motifs is 1. The maximum Gasteiger partial charge on any atom is 0.494 e. The zero-order chi connectivity index (χ0) is 14.9. The van der Waals surface area contributed by atoms with Crippen LogP contribution in [0.4, 0.5) is 19.1 Å². The van der Waals surface area contributed by atoms with Crippen molar-refractivity contribution in [3.8, 4) is 0 Å². The SMILES string of the molecule is CNC(=O)C(=O)N(c1cc2ccccc2o1)C(F)(F)F. The zero-order valence-electron chi connectivity index (χ0n) is 10.2. The molecule has 0 saturated heterocycles. The highest BCUT2D eigenvalue weighted by Crippen LogP contribution is 2.33. The standard InChI is InChI=1S/C12H9F3N2O3/c1-16-10(18)11(19)17(12(13,14)15)9-6-7-4-2-3-5-8(7)20-9/h2-6H,1H3,(H,16,18). The highest BCUT2D eigenvalue weighted by Gasteiger charge is 2.46. The van der Waals surface area contributed by atoms with Crippen LogP contribution in [0.3, 0.4) is 0 Å². The van der Waals surface area contributed by atoms with Crippen molar-refractivity contribution in [2.24, 2.45) is 0 Å². The van der Waals surface area contributed by atoms with Crippen molar-refractivity contribution in [3.63, 3.8) is 0 Å². The number of halogens is 3. The Kier molecular flexibility index (Phi) is 3.39. The van der Waals surface area contributed by atoms with Crippen LogP contribution in [0.25, 0.3) is 11.0 Å². The Morgan fingerprint density at radius 3 is 2.45 bits per heavy atom. The lowest BCUT2D eigenvalue weighted by molar-refractivity contribution is -0.157. The number of alkyl halides is 3. The van der Waals surface area contributed by atoms with Crippen LogP contribution in [0, 0.1) is 0 Å². The monoisotopic (exact) mass is 286 g/mol. The minimum atomic E-state index is -5.07. The van der Waals surface area contributed by atoms with Crippen LogP contribution in [0.1, 0.15) is 0 Å². The van der Waals surface area contributed by atoms with Gasteiger partial charge in [-0.1, -0.05) is 18.2 Å². The van der Waals surface area contributed by atoms with Gasteiger partial charge in [-0.05, 0) is 6.07 Å². The molecular formula is C12H9F3N2O3. The molecule has 0 spiro atoms. The van der Waals surface area contributed by atoms with Crippen molar-refractivity contribution in [1.82, 2.24) is 5.32 Å². The van der Waals surface area contributed by atoms with E-state index in [1.54, 1.807) is 12.1 Å².